The zero-order valence-corrected chi connectivity index (χ0v) is 15.3. The molecule has 2 rings (SSSR count). The van der Waals surface area contributed by atoms with Crippen molar-refractivity contribution in [2.24, 2.45) is 0 Å². The van der Waals surface area contributed by atoms with Crippen LogP contribution in [0, 0.1) is 6.92 Å². The number of rotatable bonds is 4. The molecule has 0 radical (unpaired) electrons. The third-order valence-electron chi connectivity index (χ3n) is 4.14. The van der Waals surface area contributed by atoms with Crippen molar-refractivity contribution in [1.82, 2.24) is 4.90 Å². The summed E-state index contributed by atoms with van der Waals surface area (Å²) in [6, 6.07) is 4.25. The van der Waals surface area contributed by atoms with Gasteiger partial charge < -0.3 is 4.90 Å². The number of carbonyl (C=O) groups excluding carboxylic acids is 1. The molecule has 1 heterocycles. The number of nitrogens with zero attached hydrogens (tertiary/aromatic N) is 2. The van der Waals surface area contributed by atoms with Crippen LogP contribution >= 0.6 is 11.6 Å². The highest BCUT2D eigenvalue weighted by atomic mass is 35.5. The number of hydrogen-bond acceptors (Lipinski definition) is 3. The number of hydrogen-bond donors (Lipinski definition) is 0. The first kappa shape index (κ1) is 18.1. The maximum Gasteiger partial charge on any atom is 0.246 e. The van der Waals surface area contributed by atoms with Crippen LogP contribution in [0.4, 0.5) is 5.69 Å². The molecule has 1 unspecified atom stereocenters. The second-order valence-electron chi connectivity index (χ2n) is 6.05. The van der Waals surface area contributed by atoms with Crippen molar-refractivity contribution in [2.45, 2.75) is 39.2 Å². The summed E-state index contributed by atoms with van der Waals surface area (Å²) in [5.74, 6) is -0.160. The first-order valence-corrected chi connectivity index (χ1v) is 9.99. The molecule has 0 aliphatic carbocycles. The first-order valence-electron chi connectivity index (χ1n) is 7.76. The maximum atomic E-state index is 12.7. The van der Waals surface area contributed by atoms with Gasteiger partial charge in [-0.3, -0.25) is 9.10 Å². The van der Waals surface area contributed by atoms with Gasteiger partial charge in [0.15, 0.2) is 0 Å². The summed E-state index contributed by atoms with van der Waals surface area (Å²) in [6.45, 7) is 4.86. The Morgan fingerprint density at radius 3 is 2.39 bits per heavy atom. The fourth-order valence-electron chi connectivity index (χ4n) is 2.90. The molecular formula is C16H23ClN2O3S. The second-order valence-corrected chi connectivity index (χ2v) is 8.32. The molecule has 23 heavy (non-hydrogen) atoms. The predicted molar refractivity (Wildman–Crippen MR) is 93.4 cm³/mol. The first-order chi connectivity index (χ1) is 10.7. The molecule has 0 N–H and O–H groups in total. The highest BCUT2D eigenvalue weighted by molar-refractivity contribution is 7.92. The van der Waals surface area contributed by atoms with E-state index in [-0.39, 0.29) is 5.91 Å². The Morgan fingerprint density at radius 2 is 1.87 bits per heavy atom. The highest BCUT2D eigenvalue weighted by Crippen LogP contribution is 2.27. The third kappa shape index (κ3) is 4.18. The number of benzene rings is 1. The molecule has 7 heteroatoms. The smallest absolute Gasteiger partial charge is 0.246 e. The summed E-state index contributed by atoms with van der Waals surface area (Å²) in [6.07, 6.45) is 4.16. The van der Waals surface area contributed by atoms with Gasteiger partial charge in [-0.1, -0.05) is 17.7 Å². The van der Waals surface area contributed by atoms with E-state index in [4.69, 9.17) is 11.6 Å². The summed E-state index contributed by atoms with van der Waals surface area (Å²) >= 11 is 6.12. The standard InChI is InChI=1S/C16H23ClN2O3S/c1-12-7-8-14(11-15(12)17)19(23(3,21)22)13(2)16(20)18-9-5-4-6-10-18/h7-8,11,13H,4-6,9-10H2,1-3H3. The molecule has 1 fully saturated rings. The number of amides is 1. The molecule has 1 atom stereocenters. The van der Waals surface area contributed by atoms with Gasteiger partial charge in [-0.25, -0.2) is 8.42 Å². The molecule has 0 aromatic heterocycles. The monoisotopic (exact) mass is 358 g/mol. The van der Waals surface area contributed by atoms with Gasteiger partial charge in [0.2, 0.25) is 15.9 Å². The number of likely N-dealkylation sites (tertiary alicyclic amines) is 1. The largest absolute Gasteiger partial charge is 0.341 e. The van der Waals surface area contributed by atoms with Crippen LogP contribution in [0.1, 0.15) is 31.7 Å². The van der Waals surface area contributed by atoms with E-state index >= 15 is 0 Å². The van der Waals surface area contributed by atoms with Crippen molar-refractivity contribution >= 4 is 33.2 Å². The summed E-state index contributed by atoms with van der Waals surface area (Å²) in [5, 5.41) is 0.480. The van der Waals surface area contributed by atoms with Gasteiger partial charge in [0.25, 0.3) is 0 Å². The minimum absolute atomic E-state index is 0.160. The van der Waals surface area contributed by atoms with Crippen molar-refractivity contribution in [3.05, 3.63) is 28.8 Å². The molecule has 1 aromatic rings. The van der Waals surface area contributed by atoms with E-state index in [1.54, 1.807) is 30.0 Å². The van der Waals surface area contributed by atoms with Crippen LogP contribution in [0.2, 0.25) is 5.02 Å². The summed E-state index contributed by atoms with van der Waals surface area (Å²) in [5.41, 5.74) is 1.28. The zero-order valence-electron chi connectivity index (χ0n) is 13.8. The van der Waals surface area contributed by atoms with Crippen LogP contribution in [0.25, 0.3) is 0 Å². The lowest BCUT2D eigenvalue weighted by Gasteiger charge is -2.34. The molecule has 1 aliphatic rings. The van der Waals surface area contributed by atoms with Crippen molar-refractivity contribution in [1.29, 1.82) is 0 Å². The summed E-state index contributed by atoms with van der Waals surface area (Å²) < 4.78 is 25.7. The Hall–Kier alpha value is -1.27. The average Bonchev–Trinajstić information content (AvgIpc) is 2.49. The minimum Gasteiger partial charge on any atom is -0.341 e. The van der Waals surface area contributed by atoms with Crippen LogP contribution in [-0.2, 0) is 14.8 Å². The van der Waals surface area contributed by atoms with Crippen LogP contribution in [0.3, 0.4) is 0 Å². The minimum atomic E-state index is -3.60. The molecule has 1 saturated heterocycles. The van der Waals surface area contributed by atoms with E-state index in [0.717, 1.165) is 35.4 Å². The van der Waals surface area contributed by atoms with Crippen LogP contribution in [-0.4, -0.2) is 44.6 Å². The molecule has 0 spiro atoms. The molecular weight excluding hydrogens is 336 g/mol. The molecule has 1 aromatic carbocycles. The van der Waals surface area contributed by atoms with Crippen molar-refractivity contribution in [3.8, 4) is 0 Å². The summed E-state index contributed by atoms with van der Waals surface area (Å²) in [4.78, 5) is 14.5. The Bertz CT molecular complexity index is 685. The van der Waals surface area contributed by atoms with Gasteiger partial charge in [0, 0.05) is 18.1 Å². The van der Waals surface area contributed by atoms with Crippen LogP contribution < -0.4 is 4.31 Å². The second kappa shape index (κ2) is 7.09. The van der Waals surface area contributed by atoms with Crippen LogP contribution in [0.15, 0.2) is 18.2 Å². The molecule has 1 aliphatic heterocycles. The van der Waals surface area contributed by atoms with Gasteiger partial charge in [-0.05, 0) is 50.8 Å². The fraction of sp³-hybridized carbons (Fsp3) is 0.562. The lowest BCUT2D eigenvalue weighted by molar-refractivity contribution is -0.132. The van der Waals surface area contributed by atoms with Crippen LogP contribution in [0.5, 0.6) is 0 Å². The number of sulfonamides is 1. The third-order valence-corrected chi connectivity index (χ3v) is 5.79. The number of piperidine rings is 1. The SMILES string of the molecule is Cc1ccc(N(C(C)C(=O)N2CCCCC2)S(C)(=O)=O)cc1Cl. The van der Waals surface area contributed by atoms with E-state index in [0.29, 0.717) is 23.8 Å². The Balaban J connectivity index is 2.34. The van der Waals surface area contributed by atoms with Gasteiger partial charge in [-0.2, -0.15) is 0 Å². The number of aryl methyl sites for hydroxylation is 1. The van der Waals surface area contributed by atoms with Gasteiger partial charge >= 0.3 is 0 Å². The predicted octanol–water partition coefficient (Wildman–Crippen LogP) is 2.82. The maximum absolute atomic E-state index is 12.7. The molecule has 5 nitrogen and oxygen atoms in total. The van der Waals surface area contributed by atoms with E-state index in [1.165, 1.54) is 0 Å². The van der Waals surface area contributed by atoms with Crippen molar-refractivity contribution < 1.29 is 13.2 Å². The van der Waals surface area contributed by atoms with Gasteiger partial charge in [-0.15, -0.1) is 0 Å². The molecule has 0 bridgehead atoms. The van der Waals surface area contributed by atoms with Gasteiger partial charge in [0.05, 0.1) is 11.9 Å². The van der Waals surface area contributed by atoms with Crippen molar-refractivity contribution in [3.63, 3.8) is 0 Å². The number of anilines is 1. The van der Waals surface area contributed by atoms with Crippen molar-refractivity contribution in [2.75, 3.05) is 23.7 Å². The average molecular weight is 359 g/mol. The lowest BCUT2D eigenvalue weighted by atomic mass is 10.1. The summed E-state index contributed by atoms with van der Waals surface area (Å²) in [7, 11) is -3.60. The highest BCUT2D eigenvalue weighted by Gasteiger charge is 2.32. The topological polar surface area (TPSA) is 57.7 Å². The van der Waals surface area contributed by atoms with E-state index in [2.05, 4.69) is 0 Å². The fourth-order valence-corrected chi connectivity index (χ4v) is 4.24. The lowest BCUT2D eigenvalue weighted by Crippen LogP contribution is -2.50. The van der Waals surface area contributed by atoms with E-state index < -0.39 is 16.1 Å². The number of halogens is 1. The van der Waals surface area contributed by atoms with E-state index in [1.807, 2.05) is 6.92 Å². The molecule has 128 valence electrons. The molecule has 0 saturated carbocycles. The van der Waals surface area contributed by atoms with Gasteiger partial charge in [0.1, 0.15) is 6.04 Å². The Morgan fingerprint density at radius 1 is 1.26 bits per heavy atom. The van der Waals surface area contributed by atoms with E-state index in [9.17, 15) is 13.2 Å². The number of carbonyl (C=O) groups is 1. The zero-order chi connectivity index (χ0) is 17.2. The quantitative estimate of drug-likeness (QED) is 0.831. The Kier molecular flexibility index (Phi) is 5.57. The Labute approximate surface area is 143 Å². The normalized spacial score (nSPS) is 17.0. The molecule has 1 amide bonds.